The van der Waals surface area contributed by atoms with Crippen LogP contribution in [0.25, 0.3) is 0 Å². The summed E-state index contributed by atoms with van der Waals surface area (Å²) in [5, 5.41) is 0. The van der Waals surface area contributed by atoms with Crippen LogP contribution in [0.2, 0.25) is 0 Å². The number of hydrogen-bond donors (Lipinski definition) is 0. The number of hydrogen-bond acceptors (Lipinski definition) is 7. The highest BCUT2D eigenvalue weighted by Crippen LogP contribution is 2.26. The molecule has 2 heterocycles. The zero-order valence-electron chi connectivity index (χ0n) is 9.66. The van der Waals surface area contributed by atoms with Gasteiger partial charge in [-0.25, -0.2) is 18.2 Å². The van der Waals surface area contributed by atoms with E-state index in [0.29, 0.717) is 6.61 Å². The fourth-order valence-corrected chi connectivity index (χ4v) is 4.02. The van der Waals surface area contributed by atoms with Gasteiger partial charge in [-0.15, -0.1) is 11.3 Å². The number of carbonyl (C=O) groups is 1. The van der Waals surface area contributed by atoms with Crippen LogP contribution in [-0.4, -0.2) is 44.1 Å². The van der Waals surface area contributed by atoms with E-state index < -0.39 is 16.0 Å². The molecule has 0 unspecified atom stereocenters. The van der Waals surface area contributed by atoms with Gasteiger partial charge in [0.1, 0.15) is 0 Å². The minimum Gasteiger partial charge on any atom is -0.464 e. The lowest BCUT2D eigenvalue weighted by molar-refractivity contribution is -0.108. The lowest BCUT2D eigenvalue weighted by Gasteiger charge is -2.24. The predicted molar refractivity (Wildman–Crippen MR) is 62.5 cm³/mol. The van der Waals surface area contributed by atoms with Crippen LogP contribution >= 0.6 is 11.3 Å². The van der Waals surface area contributed by atoms with Crippen LogP contribution in [0.15, 0.2) is 9.72 Å². The van der Waals surface area contributed by atoms with Gasteiger partial charge < -0.3 is 4.74 Å². The Balaban J connectivity index is 2.35. The van der Waals surface area contributed by atoms with Crippen molar-refractivity contribution in [2.24, 2.45) is 0 Å². The number of ether oxygens (including phenoxy) is 1. The molecule has 0 spiro atoms. The van der Waals surface area contributed by atoms with E-state index in [0.717, 1.165) is 28.6 Å². The Morgan fingerprint density at radius 1 is 1.56 bits per heavy atom. The largest absolute Gasteiger partial charge is 0.464 e. The second-order valence-corrected chi connectivity index (χ2v) is 6.43. The fourth-order valence-electron chi connectivity index (χ4n) is 1.51. The van der Waals surface area contributed by atoms with Crippen LogP contribution in [0.3, 0.4) is 0 Å². The van der Waals surface area contributed by atoms with E-state index in [1.165, 1.54) is 12.6 Å². The second kappa shape index (κ2) is 5.31. The highest BCUT2D eigenvalue weighted by Gasteiger charge is 2.33. The van der Waals surface area contributed by atoms with E-state index in [1.54, 1.807) is 0 Å². The average molecular weight is 292 g/mol. The molecule has 1 aliphatic heterocycles. The van der Waals surface area contributed by atoms with Gasteiger partial charge in [0.2, 0.25) is 0 Å². The summed E-state index contributed by atoms with van der Waals surface area (Å²) in [4.78, 5) is 20.3. The first kappa shape index (κ1) is 13.4. The number of nitrogens with zero attached hydrogens (tertiary/aromatic N) is 2. The Kier molecular flexibility index (Phi) is 3.95. The van der Waals surface area contributed by atoms with Crippen molar-refractivity contribution in [2.75, 3.05) is 20.3 Å². The molecule has 0 aliphatic carbocycles. The average Bonchev–Trinajstić information content (AvgIpc) is 2.89. The Bertz CT molecular complexity index is 533. The normalized spacial score (nSPS) is 17.6. The molecule has 0 radical (unpaired) electrons. The maximum atomic E-state index is 12.3. The molecule has 0 bridgehead atoms. The first-order valence-electron chi connectivity index (χ1n) is 5.25. The Labute approximate surface area is 108 Å². The molecule has 7 nitrogen and oxygen atoms in total. The number of methoxy groups -OCH3 is 1. The van der Waals surface area contributed by atoms with Crippen molar-refractivity contribution in [1.29, 1.82) is 0 Å². The lowest BCUT2D eigenvalue weighted by atomic mass is 10.3. The first-order valence-corrected chi connectivity index (χ1v) is 7.57. The number of esters is 1. The Hall–Kier alpha value is -1.03. The molecule has 0 N–H and O–H groups in total. The Morgan fingerprint density at radius 2 is 2.33 bits per heavy atom. The molecule has 2 rings (SSSR count). The number of hydroxylamine groups is 1. The molecule has 0 aromatic carbocycles. The molecule has 1 fully saturated rings. The van der Waals surface area contributed by atoms with Crippen molar-refractivity contribution in [3.63, 3.8) is 0 Å². The number of rotatable bonds is 3. The molecule has 100 valence electrons. The van der Waals surface area contributed by atoms with Crippen molar-refractivity contribution >= 4 is 27.3 Å². The van der Waals surface area contributed by atoms with Crippen LogP contribution in [0.4, 0.5) is 0 Å². The van der Waals surface area contributed by atoms with E-state index in [4.69, 9.17) is 4.84 Å². The quantitative estimate of drug-likeness (QED) is 0.760. The molecule has 1 aliphatic rings. The summed E-state index contributed by atoms with van der Waals surface area (Å²) >= 11 is 0.872. The molecule has 0 atom stereocenters. The molecular weight excluding hydrogens is 280 g/mol. The van der Waals surface area contributed by atoms with Crippen LogP contribution in [-0.2, 0) is 19.6 Å². The number of sulfonamides is 1. The smallest absolute Gasteiger partial charge is 0.358 e. The van der Waals surface area contributed by atoms with Crippen molar-refractivity contribution < 1.29 is 22.8 Å². The minimum absolute atomic E-state index is 0.142. The zero-order chi connectivity index (χ0) is 13.2. The monoisotopic (exact) mass is 292 g/mol. The minimum atomic E-state index is -3.84. The van der Waals surface area contributed by atoms with E-state index in [1.807, 2.05) is 0 Å². The summed E-state index contributed by atoms with van der Waals surface area (Å²) in [7, 11) is -2.66. The van der Waals surface area contributed by atoms with Gasteiger partial charge in [-0.1, -0.05) is 4.47 Å². The molecule has 0 saturated carbocycles. The summed E-state index contributed by atoms with van der Waals surface area (Å²) in [5.74, 6) is -0.771. The topological polar surface area (TPSA) is 85.8 Å². The van der Waals surface area contributed by atoms with Crippen molar-refractivity contribution in [3.05, 3.63) is 11.2 Å². The SMILES string of the molecule is COC(=O)c1ncsc1S(=O)(=O)N1CCCCO1. The fraction of sp³-hybridized carbons (Fsp3) is 0.556. The molecule has 18 heavy (non-hydrogen) atoms. The zero-order valence-corrected chi connectivity index (χ0v) is 11.3. The summed E-state index contributed by atoms with van der Waals surface area (Å²) in [5.41, 5.74) is 1.10. The van der Waals surface area contributed by atoms with Gasteiger partial charge in [0.15, 0.2) is 9.90 Å². The van der Waals surface area contributed by atoms with Gasteiger partial charge in [0.25, 0.3) is 10.0 Å². The van der Waals surface area contributed by atoms with Gasteiger partial charge in [-0.05, 0) is 12.8 Å². The maximum Gasteiger partial charge on any atom is 0.358 e. The third-order valence-corrected chi connectivity index (χ3v) is 5.41. The standard InChI is InChI=1S/C9H12N2O5S2/c1-15-8(12)7-9(17-6-10-7)18(13,14)11-4-2-3-5-16-11/h6H,2-5H2,1H3. The lowest BCUT2D eigenvalue weighted by Crippen LogP contribution is -2.36. The third kappa shape index (κ3) is 2.39. The van der Waals surface area contributed by atoms with Gasteiger partial charge in [0, 0.05) is 6.54 Å². The molecular formula is C9H12N2O5S2. The Morgan fingerprint density at radius 3 is 2.94 bits per heavy atom. The van der Waals surface area contributed by atoms with Crippen LogP contribution in [0, 0.1) is 0 Å². The van der Waals surface area contributed by atoms with E-state index in [-0.39, 0.29) is 16.4 Å². The van der Waals surface area contributed by atoms with Crippen LogP contribution in [0.5, 0.6) is 0 Å². The predicted octanol–water partition coefficient (Wildman–Crippen LogP) is 0.646. The highest BCUT2D eigenvalue weighted by atomic mass is 32.2. The third-order valence-electron chi connectivity index (χ3n) is 2.39. The number of aromatic nitrogens is 1. The van der Waals surface area contributed by atoms with Crippen LogP contribution < -0.4 is 0 Å². The second-order valence-electron chi connectivity index (χ2n) is 3.55. The van der Waals surface area contributed by atoms with Gasteiger partial charge >= 0.3 is 5.97 Å². The van der Waals surface area contributed by atoms with E-state index >= 15 is 0 Å². The summed E-state index contributed by atoms with van der Waals surface area (Å²) in [6, 6.07) is 0. The summed E-state index contributed by atoms with van der Waals surface area (Å²) in [6.07, 6.45) is 1.55. The molecule has 1 aromatic rings. The summed E-state index contributed by atoms with van der Waals surface area (Å²) < 4.78 is 29.8. The number of thiazole rings is 1. The summed E-state index contributed by atoms with van der Waals surface area (Å²) in [6.45, 7) is 0.631. The maximum absolute atomic E-state index is 12.3. The van der Waals surface area contributed by atoms with Crippen molar-refractivity contribution in [1.82, 2.24) is 9.45 Å². The first-order chi connectivity index (χ1) is 8.57. The molecule has 1 saturated heterocycles. The van der Waals surface area contributed by atoms with Gasteiger partial charge in [-0.3, -0.25) is 4.84 Å². The van der Waals surface area contributed by atoms with Crippen molar-refractivity contribution in [2.45, 2.75) is 17.1 Å². The van der Waals surface area contributed by atoms with E-state index in [9.17, 15) is 13.2 Å². The van der Waals surface area contributed by atoms with Gasteiger partial charge in [-0.2, -0.15) is 0 Å². The highest BCUT2D eigenvalue weighted by molar-refractivity contribution is 7.91. The molecule has 1 aromatic heterocycles. The van der Waals surface area contributed by atoms with Gasteiger partial charge in [0.05, 0.1) is 19.2 Å². The molecule has 9 heteroatoms. The van der Waals surface area contributed by atoms with Crippen LogP contribution in [0.1, 0.15) is 23.3 Å². The number of carbonyl (C=O) groups excluding carboxylic acids is 1. The van der Waals surface area contributed by atoms with Crippen molar-refractivity contribution in [3.8, 4) is 0 Å². The molecule has 0 amide bonds. The van der Waals surface area contributed by atoms with E-state index in [2.05, 4.69) is 9.72 Å².